The Morgan fingerprint density at radius 1 is 1.03 bits per heavy atom. The Morgan fingerprint density at radius 2 is 1.70 bits per heavy atom. The van der Waals surface area contributed by atoms with Gasteiger partial charge in [-0.05, 0) is 51.0 Å². The molecule has 2 aromatic carbocycles. The standard InChI is InChI=1S/C26H28ClN5O4S/c1-26(2,36-21-11-7-6-10-19(21)27)24(34)32-14-12-17(13-15-32)23-29-20(16-37-23)22(33)30-31-25(35)28-18-8-4-3-5-9-18/h3-11,16-17H,12-15H2,1-2H3,(H,30,33)(H2,28,31,35). The van der Waals surface area contributed by atoms with Gasteiger partial charge >= 0.3 is 6.03 Å². The summed E-state index contributed by atoms with van der Waals surface area (Å²) in [6, 6.07) is 15.4. The van der Waals surface area contributed by atoms with Crippen molar-refractivity contribution in [2.75, 3.05) is 18.4 Å². The molecule has 0 radical (unpaired) electrons. The van der Waals surface area contributed by atoms with Crippen molar-refractivity contribution in [3.05, 3.63) is 75.7 Å². The van der Waals surface area contributed by atoms with Gasteiger partial charge in [0.2, 0.25) is 0 Å². The maximum atomic E-state index is 13.2. The molecule has 0 atom stereocenters. The van der Waals surface area contributed by atoms with E-state index in [0.29, 0.717) is 29.5 Å². The highest BCUT2D eigenvalue weighted by Crippen LogP contribution is 2.33. The van der Waals surface area contributed by atoms with Crippen LogP contribution < -0.4 is 20.9 Å². The summed E-state index contributed by atoms with van der Waals surface area (Å²) in [6.07, 6.45) is 1.44. The first-order valence-corrected chi connectivity index (χ1v) is 13.1. The van der Waals surface area contributed by atoms with Crippen LogP contribution in [0.2, 0.25) is 5.02 Å². The molecular formula is C26H28ClN5O4S. The normalized spacial score (nSPS) is 14.1. The summed E-state index contributed by atoms with van der Waals surface area (Å²) in [5.41, 5.74) is 4.46. The Kier molecular flexibility index (Phi) is 8.30. The molecule has 4 rings (SSSR count). The second-order valence-electron chi connectivity index (χ2n) is 9.08. The van der Waals surface area contributed by atoms with Crippen molar-refractivity contribution in [1.82, 2.24) is 20.7 Å². The number of benzene rings is 2. The first-order valence-electron chi connectivity index (χ1n) is 11.8. The van der Waals surface area contributed by atoms with E-state index in [9.17, 15) is 14.4 Å². The van der Waals surface area contributed by atoms with Gasteiger partial charge in [-0.25, -0.2) is 15.2 Å². The Morgan fingerprint density at radius 3 is 2.41 bits per heavy atom. The molecule has 1 aliphatic rings. The van der Waals surface area contributed by atoms with E-state index >= 15 is 0 Å². The van der Waals surface area contributed by atoms with Gasteiger partial charge in [-0.2, -0.15) is 0 Å². The number of amides is 4. The highest BCUT2D eigenvalue weighted by atomic mass is 35.5. The van der Waals surface area contributed by atoms with Gasteiger partial charge in [-0.3, -0.25) is 15.0 Å². The number of ether oxygens (including phenoxy) is 1. The van der Waals surface area contributed by atoms with Gasteiger partial charge < -0.3 is 15.0 Å². The second kappa shape index (κ2) is 11.6. The minimum atomic E-state index is -1.07. The van der Waals surface area contributed by atoms with Crippen LogP contribution in [0.25, 0.3) is 0 Å². The Bertz CT molecular complexity index is 1260. The molecule has 0 aliphatic carbocycles. The van der Waals surface area contributed by atoms with E-state index in [1.165, 1.54) is 11.3 Å². The van der Waals surface area contributed by atoms with Crippen molar-refractivity contribution in [3.63, 3.8) is 0 Å². The summed E-state index contributed by atoms with van der Waals surface area (Å²) in [4.78, 5) is 43.8. The van der Waals surface area contributed by atoms with Crippen molar-refractivity contribution >= 4 is 46.5 Å². The largest absolute Gasteiger partial charge is 0.476 e. The fourth-order valence-electron chi connectivity index (χ4n) is 4.00. The number of hydrogen-bond donors (Lipinski definition) is 3. The predicted molar refractivity (Wildman–Crippen MR) is 143 cm³/mol. The van der Waals surface area contributed by atoms with Crippen LogP contribution in [0.15, 0.2) is 60.0 Å². The minimum Gasteiger partial charge on any atom is -0.476 e. The second-order valence-corrected chi connectivity index (χ2v) is 10.4. The number of likely N-dealkylation sites (tertiary alicyclic amines) is 1. The SMILES string of the molecule is CC(C)(Oc1ccccc1Cl)C(=O)N1CCC(c2nc(C(=O)NNC(=O)Nc3ccccc3)cs2)CC1. The molecule has 11 heteroatoms. The molecule has 4 amide bonds. The number of nitrogens with one attached hydrogen (secondary N) is 3. The number of hydrogen-bond acceptors (Lipinski definition) is 6. The molecule has 194 valence electrons. The third-order valence-electron chi connectivity index (χ3n) is 5.92. The fourth-order valence-corrected chi connectivity index (χ4v) is 5.14. The summed E-state index contributed by atoms with van der Waals surface area (Å²) in [6.45, 7) is 4.59. The lowest BCUT2D eigenvalue weighted by molar-refractivity contribution is -0.146. The average molecular weight is 542 g/mol. The van der Waals surface area contributed by atoms with E-state index in [2.05, 4.69) is 21.2 Å². The van der Waals surface area contributed by atoms with Crippen molar-refractivity contribution < 1.29 is 19.1 Å². The van der Waals surface area contributed by atoms with E-state index < -0.39 is 17.5 Å². The Balaban J connectivity index is 1.26. The number of anilines is 1. The zero-order chi connectivity index (χ0) is 26.4. The molecule has 1 saturated heterocycles. The van der Waals surface area contributed by atoms with Crippen LogP contribution >= 0.6 is 22.9 Å². The predicted octanol–water partition coefficient (Wildman–Crippen LogP) is 4.83. The van der Waals surface area contributed by atoms with Gasteiger partial charge in [0.1, 0.15) is 11.4 Å². The number of hydrazine groups is 1. The molecule has 0 bridgehead atoms. The van der Waals surface area contributed by atoms with Crippen molar-refractivity contribution in [1.29, 1.82) is 0 Å². The van der Waals surface area contributed by atoms with E-state index in [4.69, 9.17) is 16.3 Å². The molecule has 1 fully saturated rings. The lowest BCUT2D eigenvalue weighted by Gasteiger charge is -2.36. The number of rotatable bonds is 6. The number of nitrogens with zero attached hydrogens (tertiary/aromatic N) is 2. The van der Waals surface area contributed by atoms with E-state index in [1.807, 2.05) is 18.2 Å². The maximum Gasteiger partial charge on any atom is 0.337 e. The van der Waals surface area contributed by atoms with Gasteiger partial charge in [-0.1, -0.05) is 41.9 Å². The van der Waals surface area contributed by atoms with E-state index in [1.54, 1.807) is 60.5 Å². The Hall–Kier alpha value is -3.63. The number of carbonyl (C=O) groups excluding carboxylic acids is 3. The molecule has 37 heavy (non-hydrogen) atoms. The van der Waals surface area contributed by atoms with Crippen molar-refractivity contribution in [3.8, 4) is 5.75 Å². The number of urea groups is 1. The summed E-state index contributed by atoms with van der Waals surface area (Å²) in [7, 11) is 0. The monoisotopic (exact) mass is 541 g/mol. The Labute approximate surface area is 224 Å². The summed E-state index contributed by atoms with van der Waals surface area (Å²) < 4.78 is 5.95. The first-order chi connectivity index (χ1) is 17.7. The fraction of sp³-hybridized carbons (Fsp3) is 0.308. The molecular weight excluding hydrogens is 514 g/mol. The maximum absolute atomic E-state index is 13.2. The number of carbonyl (C=O) groups is 3. The highest BCUT2D eigenvalue weighted by Gasteiger charge is 2.37. The molecule has 0 saturated carbocycles. The van der Waals surface area contributed by atoms with E-state index in [0.717, 1.165) is 17.8 Å². The summed E-state index contributed by atoms with van der Waals surface area (Å²) in [5.74, 6) is -0.00251. The van der Waals surface area contributed by atoms with Gasteiger partial charge in [0, 0.05) is 30.1 Å². The number of halogens is 1. The zero-order valence-corrected chi connectivity index (χ0v) is 22.1. The van der Waals surface area contributed by atoms with Crippen LogP contribution in [0, 0.1) is 0 Å². The summed E-state index contributed by atoms with van der Waals surface area (Å²) in [5, 5.41) is 5.57. The van der Waals surface area contributed by atoms with Gasteiger partial charge in [0.25, 0.3) is 11.8 Å². The molecule has 3 aromatic rings. The van der Waals surface area contributed by atoms with Crippen LogP contribution in [-0.2, 0) is 4.79 Å². The molecule has 1 aliphatic heterocycles. The lowest BCUT2D eigenvalue weighted by atomic mass is 9.96. The molecule has 1 aromatic heterocycles. The minimum absolute atomic E-state index is 0.107. The quantitative estimate of drug-likeness (QED) is 0.387. The third-order valence-corrected chi connectivity index (χ3v) is 7.24. The lowest BCUT2D eigenvalue weighted by Crippen LogP contribution is -2.51. The first kappa shape index (κ1) is 26.4. The molecule has 9 nitrogen and oxygen atoms in total. The molecule has 3 N–H and O–H groups in total. The van der Waals surface area contributed by atoms with Crippen LogP contribution in [0.1, 0.15) is 48.1 Å². The van der Waals surface area contributed by atoms with Crippen LogP contribution in [0.3, 0.4) is 0 Å². The molecule has 0 unspecified atom stereocenters. The number of aromatic nitrogens is 1. The van der Waals surface area contributed by atoms with Crippen molar-refractivity contribution in [2.24, 2.45) is 0 Å². The number of thiazole rings is 1. The number of para-hydroxylation sites is 2. The van der Waals surface area contributed by atoms with Gasteiger partial charge in [-0.15, -0.1) is 11.3 Å². The van der Waals surface area contributed by atoms with Crippen LogP contribution in [0.5, 0.6) is 5.75 Å². The molecule has 0 spiro atoms. The van der Waals surface area contributed by atoms with Crippen molar-refractivity contribution in [2.45, 2.75) is 38.2 Å². The van der Waals surface area contributed by atoms with Gasteiger partial charge in [0.15, 0.2) is 5.60 Å². The molecule has 2 heterocycles. The zero-order valence-electron chi connectivity index (χ0n) is 20.5. The van der Waals surface area contributed by atoms with Crippen LogP contribution in [-0.4, -0.2) is 46.4 Å². The van der Waals surface area contributed by atoms with Gasteiger partial charge in [0.05, 0.1) is 10.0 Å². The average Bonchev–Trinajstić information content (AvgIpc) is 3.39. The van der Waals surface area contributed by atoms with E-state index in [-0.39, 0.29) is 17.5 Å². The van der Waals surface area contributed by atoms with Crippen LogP contribution in [0.4, 0.5) is 10.5 Å². The topological polar surface area (TPSA) is 113 Å². The third kappa shape index (κ3) is 6.78. The smallest absolute Gasteiger partial charge is 0.337 e. The highest BCUT2D eigenvalue weighted by molar-refractivity contribution is 7.09. The summed E-state index contributed by atoms with van der Waals surface area (Å²) >= 11 is 7.59. The number of piperidine rings is 1.